The number of nitrogens with one attached hydrogen (secondary N) is 1. The minimum Gasteiger partial charge on any atom is -0.489 e. The first-order chi connectivity index (χ1) is 10.2. The highest BCUT2D eigenvalue weighted by Crippen LogP contribution is 2.32. The Morgan fingerprint density at radius 3 is 2.76 bits per heavy atom. The first-order valence-corrected chi connectivity index (χ1v) is 7.99. The molecule has 0 saturated heterocycles. The van der Waals surface area contributed by atoms with Gasteiger partial charge in [-0.3, -0.25) is 9.29 Å². The third kappa shape index (κ3) is 2.98. The summed E-state index contributed by atoms with van der Waals surface area (Å²) in [5.41, 5.74) is 1.42. The minimum atomic E-state index is -3.61. The van der Waals surface area contributed by atoms with Gasteiger partial charge in [-0.25, -0.2) is 0 Å². The highest BCUT2D eigenvalue weighted by Gasteiger charge is 2.27. The van der Waals surface area contributed by atoms with Crippen LogP contribution in [0, 0.1) is 0 Å². The molecule has 1 aromatic heterocycles. The van der Waals surface area contributed by atoms with Crippen LogP contribution in [0.1, 0.15) is 5.56 Å². The lowest BCUT2D eigenvalue weighted by Gasteiger charge is -2.30. The van der Waals surface area contributed by atoms with Gasteiger partial charge in [0.15, 0.2) is 0 Å². The zero-order valence-electron chi connectivity index (χ0n) is 11.3. The number of aromatic nitrogens is 1. The lowest BCUT2D eigenvalue weighted by molar-refractivity contribution is 0.315. The average molecular weight is 305 g/mol. The van der Waals surface area contributed by atoms with Crippen molar-refractivity contribution in [3.8, 4) is 5.75 Å². The molecule has 21 heavy (non-hydrogen) atoms. The lowest BCUT2D eigenvalue weighted by atomic mass is 10.2. The van der Waals surface area contributed by atoms with E-state index in [9.17, 15) is 8.42 Å². The van der Waals surface area contributed by atoms with Crippen LogP contribution in [0.15, 0.2) is 48.8 Å². The molecule has 0 amide bonds. The lowest BCUT2D eigenvalue weighted by Crippen LogP contribution is -2.44. The van der Waals surface area contributed by atoms with Crippen molar-refractivity contribution in [2.45, 2.75) is 6.54 Å². The van der Waals surface area contributed by atoms with Crippen LogP contribution < -0.4 is 13.8 Å². The maximum Gasteiger partial charge on any atom is 0.302 e. The summed E-state index contributed by atoms with van der Waals surface area (Å²) in [5, 5.41) is 0. The van der Waals surface area contributed by atoms with Crippen molar-refractivity contribution in [2.75, 3.05) is 17.5 Å². The molecule has 6 nitrogen and oxygen atoms in total. The number of hydrogen-bond donors (Lipinski definition) is 1. The summed E-state index contributed by atoms with van der Waals surface area (Å²) in [6, 6.07) is 10.7. The second-order valence-electron chi connectivity index (χ2n) is 4.57. The van der Waals surface area contributed by atoms with Gasteiger partial charge in [-0.1, -0.05) is 12.1 Å². The third-order valence-electron chi connectivity index (χ3n) is 3.18. The number of anilines is 1. The summed E-state index contributed by atoms with van der Waals surface area (Å²) in [5.74, 6) is 0.582. The first-order valence-electron chi connectivity index (χ1n) is 6.55. The Morgan fingerprint density at radius 2 is 1.95 bits per heavy atom. The monoisotopic (exact) mass is 305 g/mol. The van der Waals surface area contributed by atoms with Gasteiger partial charge in [-0.2, -0.15) is 13.1 Å². The van der Waals surface area contributed by atoms with Gasteiger partial charge in [0.1, 0.15) is 12.4 Å². The molecule has 0 unspecified atom stereocenters. The van der Waals surface area contributed by atoms with Gasteiger partial charge in [0, 0.05) is 18.9 Å². The van der Waals surface area contributed by atoms with Crippen LogP contribution in [-0.4, -0.2) is 26.6 Å². The van der Waals surface area contributed by atoms with Gasteiger partial charge in [-0.05, 0) is 29.8 Å². The Labute approximate surface area is 123 Å². The minimum absolute atomic E-state index is 0.227. The fraction of sp³-hybridized carbons (Fsp3) is 0.214. The van der Waals surface area contributed by atoms with Gasteiger partial charge in [-0.15, -0.1) is 0 Å². The van der Waals surface area contributed by atoms with Crippen molar-refractivity contribution in [1.29, 1.82) is 0 Å². The van der Waals surface area contributed by atoms with E-state index in [2.05, 4.69) is 9.71 Å². The SMILES string of the molecule is O=S(=O)(NCc1ccncc1)N1CCOc2ccccc21. The smallest absolute Gasteiger partial charge is 0.302 e. The average Bonchev–Trinajstić information content (AvgIpc) is 2.53. The molecule has 110 valence electrons. The second-order valence-corrected chi connectivity index (χ2v) is 6.25. The molecule has 0 saturated carbocycles. The topological polar surface area (TPSA) is 71.5 Å². The molecule has 7 heteroatoms. The number of nitrogens with zero attached hydrogens (tertiary/aromatic N) is 2. The van der Waals surface area contributed by atoms with Crippen molar-refractivity contribution in [3.05, 3.63) is 54.4 Å². The van der Waals surface area contributed by atoms with E-state index in [0.717, 1.165) is 5.56 Å². The Hall–Kier alpha value is -2.12. The molecule has 0 radical (unpaired) electrons. The fourth-order valence-electron chi connectivity index (χ4n) is 2.15. The molecule has 1 N–H and O–H groups in total. The Kier molecular flexibility index (Phi) is 3.76. The number of fused-ring (bicyclic) bond motifs is 1. The molecule has 2 aromatic rings. The maximum atomic E-state index is 12.5. The maximum absolute atomic E-state index is 12.5. The van der Waals surface area contributed by atoms with Gasteiger partial charge in [0.25, 0.3) is 0 Å². The van der Waals surface area contributed by atoms with Crippen LogP contribution in [0.25, 0.3) is 0 Å². The van der Waals surface area contributed by atoms with Crippen molar-refractivity contribution in [1.82, 2.24) is 9.71 Å². The molecule has 3 rings (SSSR count). The molecule has 0 bridgehead atoms. The largest absolute Gasteiger partial charge is 0.489 e. The predicted molar refractivity (Wildman–Crippen MR) is 79.3 cm³/mol. The van der Waals surface area contributed by atoms with E-state index in [1.807, 2.05) is 6.07 Å². The van der Waals surface area contributed by atoms with Crippen molar-refractivity contribution in [2.24, 2.45) is 0 Å². The molecule has 0 aliphatic carbocycles. The Morgan fingerprint density at radius 1 is 1.19 bits per heavy atom. The van der Waals surface area contributed by atoms with Crippen molar-refractivity contribution >= 4 is 15.9 Å². The predicted octanol–water partition coefficient (Wildman–Crippen LogP) is 1.31. The molecule has 1 aliphatic rings. The molecule has 0 spiro atoms. The van der Waals surface area contributed by atoms with Crippen LogP contribution >= 0.6 is 0 Å². The van der Waals surface area contributed by atoms with E-state index in [0.29, 0.717) is 24.6 Å². The molecule has 0 atom stereocenters. The molecular formula is C14H15N3O3S. The summed E-state index contributed by atoms with van der Waals surface area (Å²) >= 11 is 0. The summed E-state index contributed by atoms with van der Waals surface area (Å²) in [4.78, 5) is 3.91. The summed E-state index contributed by atoms with van der Waals surface area (Å²) < 4.78 is 34.3. The molecule has 2 heterocycles. The van der Waals surface area contributed by atoms with Gasteiger partial charge >= 0.3 is 10.2 Å². The highest BCUT2D eigenvalue weighted by molar-refractivity contribution is 7.90. The number of para-hydroxylation sites is 2. The zero-order chi connectivity index (χ0) is 14.7. The van der Waals surface area contributed by atoms with E-state index in [1.54, 1.807) is 42.7 Å². The second kappa shape index (κ2) is 5.71. The fourth-order valence-corrected chi connectivity index (χ4v) is 3.38. The van der Waals surface area contributed by atoms with Crippen molar-refractivity contribution in [3.63, 3.8) is 0 Å². The van der Waals surface area contributed by atoms with Crippen molar-refractivity contribution < 1.29 is 13.2 Å². The molecular weight excluding hydrogens is 290 g/mol. The molecule has 0 fully saturated rings. The number of ether oxygens (including phenoxy) is 1. The van der Waals surface area contributed by atoms with Crippen LogP contribution in [0.4, 0.5) is 5.69 Å². The quantitative estimate of drug-likeness (QED) is 0.924. The number of benzene rings is 1. The first kappa shape index (κ1) is 13.8. The summed E-state index contributed by atoms with van der Waals surface area (Å²) in [6.07, 6.45) is 3.27. The van der Waals surface area contributed by atoms with Crippen LogP contribution in [0.3, 0.4) is 0 Å². The van der Waals surface area contributed by atoms with Gasteiger partial charge < -0.3 is 4.74 Å². The number of rotatable bonds is 4. The zero-order valence-corrected chi connectivity index (χ0v) is 12.1. The Balaban J connectivity index is 1.80. The number of hydrogen-bond acceptors (Lipinski definition) is 4. The van der Waals surface area contributed by atoms with Crippen LogP contribution in [-0.2, 0) is 16.8 Å². The standard InChI is InChI=1S/C14H15N3O3S/c18-21(19,16-11-12-5-7-15-8-6-12)17-9-10-20-14-4-2-1-3-13(14)17/h1-8,16H,9-11H2. The molecule has 1 aliphatic heterocycles. The van der Waals surface area contributed by atoms with E-state index in [4.69, 9.17) is 4.74 Å². The summed E-state index contributed by atoms with van der Waals surface area (Å²) in [6.45, 7) is 0.861. The van der Waals surface area contributed by atoms with E-state index in [-0.39, 0.29) is 6.54 Å². The van der Waals surface area contributed by atoms with Gasteiger partial charge in [0.2, 0.25) is 0 Å². The van der Waals surface area contributed by atoms with Crippen LogP contribution in [0.5, 0.6) is 5.75 Å². The highest BCUT2D eigenvalue weighted by atomic mass is 32.2. The Bertz CT molecular complexity index is 719. The number of pyridine rings is 1. The van der Waals surface area contributed by atoms with Crippen LogP contribution in [0.2, 0.25) is 0 Å². The summed E-state index contributed by atoms with van der Waals surface area (Å²) in [7, 11) is -3.61. The van der Waals surface area contributed by atoms with E-state index in [1.165, 1.54) is 4.31 Å². The van der Waals surface area contributed by atoms with Gasteiger partial charge in [0.05, 0.1) is 12.2 Å². The normalized spacial score (nSPS) is 14.4. The van der Waals surface area contributed by atoms with E-state index < -0.39 is 10.2 Å². The molecule has 1 aromatic carbocycles. The van der Waals surface area contributed by atoms with E-state index >= 15 is 0 Å². The third-order valence-corrected chi connectivity index (χ3v) is 4.65.